The summed E-state index contributed by atoms with van der Waals surface area (Å²) in [5.41, 5.74) is -1.03. The molecule has 1 aliphatic rings. The fourth-order valence-corrected chi connectivity index (χ4v) is 1.65. The smallest absolute Gasteiger partial charge is 0.354 e. The molecule has 98 valence electrons. The highest BCUT2D eigenvalue weighted by atomic mass is 19.4. The topological polar surface area (TPSA) is 66.9 Å². The SMILES string of the molecule is O=C1NCCCC1Nc1nccc(C(F)(F)F)n1. The number of aromatic nitrogens is 2. The fraction of sp³-hybridized carbons (Fsp3) is 0.500. The molecule has 1 saturated heterocycles. The van der Waals surface area contributed by atoms with Gasteiger partial charge < -0.3 is 10.6 Å². The van der Waals surface area contributed by atoms with Gasteiger partial charge in [-0.1, -0.05) is 0 Å². The van der Waals surface area contributed by atoms with Gasteiger partial charge >= 0.3 is 6.18 Å². The van der Waals surface area contributed by atoms with Gasteiger partial charge in [0, 0.05) is 12.7 Å². The highest BCUT2D eigenvalue weighted by molar-refractivity contribution is 5.84. The first kappa shape index (κ1) is 12.6. The zero-order chi connectivity index (χ0) is 13.2. The van der Waals surface area contributed by atoms with Crippen molar-refractivity contribution in [2.75, 3.05) is 11.9 Å². The van der Waals surface area contributed by atoms with Crippen molar-refractivity contribution in [2.24, 2.45) is 0 Å². The molecule has 0 saturated carbocycles. The largest absolute Gasteiger partial charge is 0.433 e. The van der Waals surface area contributed by atoms with Gasteiger partial charge in [0.15, 0.2) is 0 Å². The van der Waals surface area contributed by atoms with Crippen LogP contribution >= 0.6 is 0 Å². The summed E-state index contributed by atoms with van der Waals surface area (Å²) < 4.78 is 37.3. The van der Waals surface area contributed by atoms with E-state index < -0.39 is 17.9 Å². The maximum Gasteiger partial charge on any atom is 0.433 e. The van der Waals surface area contributed by atoms with Gasteiger partial charge in [-0.2, -0.15) is 13.2 Å². The molecular formula is C10H11F3N4O. The number of anilines is 1. The van der Waals surface area contributed by atoms with Gasteiger partial charge in [0.05, 0.1) is 0 Å². The maximum absolute atomic E-state index is 12.4. The van der Waals surface area contributed by atoms with Crippen molar-refractivity contribution in [1.29, 1.82) is 0 Å². The first-order valence-corrected chi connectivity index (χ1v) is 5.41. The second-order valence-electron chi connectivity index (χ2n) is 3.89. The fourth-order valence-electron chi connectivity index (χ4n) is 1.65. The lowest BCUT2D eigenvalue weighted by atomic mass is 10.1. The molecule has 18 heavy (non-hydrogen) atoms. The van der Waals surface area contributed by atoms with E-state index in [1.807, 2.05) is 0 Å². The van der Waals surface area contributed by atoms with Gasteiger partial charge in [-0.25, -0.2) is 9.97 Å². The molecule has 1 fully saturated rings. The summed E-state index contributed by atoms with van der Waals surface area (Å²) in [6, 6.07) is 0.203. The predicted octanol–water partition coefficient (Wildman–Crippen LogP) is 1.19. The van der Waals surface area contributed by atoms with Gasteiger partial charge in [0.25, 0.3) is 0 Å². The number of rotatable bonds is 2. The van der Waals surface area contributed by atoms with Crippen LogP contribution in [0.4, 0.5) is 19.1 Å². The Hall–Kier alpha value is -1.86. The number of carbonyl (C=O) groups excluding carboxylic acids is 1. The van der Waals surface area contributed by atoms with Crippen molar-refractivity contribution in [3.8, 4) is 0 Å². The summed E-state index contributed by atoms with van der Waals surface area (Å²) in [5.74, 6) is -0.436. The van der Waals surface area contributed by atoms with Crippen LogP contribution in [0.1, 0.15) is 18.5 Å². The van der Waals surface area contributed by atoms with E-state index in [2.05, 4.69) is 20.6 Å². The van der Waals surface area contributed by atoms with Crippen molar-refractivity contribution >= 4 is 11.9 Å². The van der Waals surface area contributed by atoms with Gasteiger partial charge in [0.1, 0.15) is 11.7 Å². The van der Waals surface area contributed by atoms with E-state index in [4.69, 9.17) is 0 Å². The third-order valence-corrected chi connectivity index (χ3v) is 2.53. The van der Waals surface area contributed by atoms with Crippen LogP contribution in [0.25, 0.3) is 0 Å². The molecule has 0 radical (unpaired) electrons. The number of amides is 1. The summed E-state index contributed by atoms with van der Waals surface area (Å²) in [6.07, 6.45) is -2.19. The molecule has 1 aliphatic heterocycles. The lowest BCUT2D eigenvalue weighted by Gasteiger charge is -2.22. The van der Waals surface area contributed by atoms with Crippen molar-refractivity contribution in [1.82, 2.24) is 15.3 Å². The number of nitrogens with one attached hydrogen (secondary N) is 2. The highest BCUT2D eigenvalue weighted by Crippen LogP contribution is 2.27. The van der Waals surface area contributed by atoms with Crippen LogP contribution in [-0.2, 0) is 11.0 Å². The van der Waals surface area contributed by atoms with E-state index in [-0.39, 0.29) is 11.9 Å². The number of alkyl halides is 3. The minimum atomic E-state index is -4.52. The summed E-state index contributed by atoms with van der Waals surface area (Å²) in [4.78, 5) is 18.5. The van der Waals surface area contributed by atoms with Crippen LogP contribution in [0, 0.1) is 0 Å². The molecule has 0 aliphatic carbocycles. The van der Waals surface area contributed by atoms with Crippen LogP contribution in [0.5, 0.6) is 0 Å². The normalized spacial score (nSPS) is 20.4. The molecule has 2 heterocycles. The van der Waals surface area contributed by atoms with Crippen molar-refractivity contribution < 1.29 is 18.0 Å². The van der Waals surface area contributed by atoms with Gasteiger partial charge in [-0.3, -0.25) is 4.79 Å². The summed E-state index contributed by atoms with van der Waals surface area (Å²) in [7, 11) is 0. The third kappa shape index (κ3) is 2.88. The Morgan fingerprint density at radius 1 is 1.44 bits per heavy atom. The number of hydrogen-bond acceptors (Lipinski definition) is 4. The average Bonchev–Trinajstić information content (AvgIpc) is 2.31. The zero-order valence-corrected chi connectivity index (χ0v) is 9.29. The first-order valence-electron chi connectivity index (χ1n) is 5.41. The minimum absolute atomic E-state index is 0.188. The Labute approximate surface area is 101 Å². The predicted molar refractivity (Wildman–Crippen MR) is 56.7 cm³/mol. The second kappa shape index (κ2) is 4.79. The molecule has 1 atom stereocenters. The summed E-state index contributed by atoms with van der Waals surface area (Å²) >= 11 is 0. The number of piperidine rings is 1. The zero-order valence-electron chi connectivity index (χ0n) is 9.29. The van der Waals surface area contributed by atoms with E-state index in [1.54, 1.807) is 0 Å². The highest BCUT2D eigenvalue weighted by Gasteiger charge is 2.33. The van der Waals surface area contributed by atoms with Crippen LogP contribution in [0.3, 0.4) is 0 Å². The molecule has 0 spiro atoms. The van der Waals surface area contributed by atoms with Crippen LogP contribution < -0.4 is 10.6 Å². The number of nitrogens with zero attached hydrogens (tertiary/aromatic N) is 2. The molecule has 0 bridgehead atoms. The van der Waals surface area contributed by atoms with Crippen molar-refractivity contribution in [3.05, 3.63) is 18.0 Å². The molecule has 0 aromatic carbocycles. The van der Waals surface area contributed by atoms with E-state index in [0.717, 1.165) is 18.7 Å². The van der Waals surface area contributed by atoms with Gasteiger partial charge in [-0.15, -0.1) is 0 Å². The molecule has 1 amide bonds. The van der Waals surface area contributed by atoms with E-state index >= 15 is 0 Å². The Morgan fingerprint density at radius 2 is 2.22 bits per heavy atom. The average molecular weight is 260 g/mol. The second-order valence-corrected chi connectivity index (χ2v) is 3.89. The van der Waals surface area contributed by atoms with Crippen LogP contribution in [0.2, 0.25) is 0 Å². The molecule has 2 N–H and O–H groups in total. The number of hydrogen-bond donors (Lipinski definition) is 2. The number of halogens is 3. The quantitative estimate of drug-likeness (QED) is 0.838. The Morgan fingerprint density at radius 3 is 2.89 bits per heavy atom. The van der Waals surface area contributed by atoms with Crippen molar-refractivity contribution in [2.45, 2.75) is 25.1 Å². The number of carbonyl (C=O) groups is 1. The summed E-state index contributed by atoms with van der Waals surface area (Å²) in [5, 5.41) is 5.23. The molecule has 1 unspecified atom stereocenters. The Bertz CT molecular complexity index is 449. The minimum Gasteiger partial charge on any atom is -0.354 e. The maximum atomic E-state index is 12.4. The monoisotopic (exact) mass is 260 g/mol. The van der Waals surface area contributed by atoms with Gasteiger partial charge in [-0.05, 0) is 18.9 Å². The third-order valence-electron chi connectivity index (χ3n) is 2.53. The van der Waals surface area contributed by atoms with Crippen molar-refractivity contribution in [3.63, 3.8) is 0 Å². The van der Waals surface area contributed by atoms with E-state index in [1.165, 1.54) is 0 Å². The summed E-state index contributed by atoms with van der Waals surface area (Å²) in [6.45, 7) is 0.584. The molecular weight excluding hydrogens is 249 g/mol. The Kier molecular flexibility index (Phi) is 3.35. The van der Waals surface area contributed by atoms with Crippen LogP contribution in [-0.4, -0.2) is 28.5 Å². The lowest BCUT2D eigenvalue weighted by molar-refractivity contribution is -0.141. The molecule has 1 aromatic rings. The molecule has 5 nitrogen and oxygen atoms in total. The molecule has 2 rings (SSSR count). The first-order chi connectivity index (χ1) is 8.47. The lowest BCUT2D eigenvalue weighted by Crippen LogP contribution is -2.44. The molecule has 8 heteroatoms. The standard InChI is InChI=1S/C10H11F3N4O/c11-10(12,13)7-3-5-15-9(17-7)16-6-2-1-4-14-8(6)18/h3,5-6H,1-2,4H2,(H,14,18)(H,15,16,17). The van der Waals surface area contributed by atoms with E-state index in [9.17, 15) is 18.0 Å². The molecule has 1 aromatic heterocycles. The van der Waals surface area contributed by atoms with Crippen LogP contribution in [0.15, 0.2) is 12.3 Å². The Balaban J connectivity index is 2.12. The van der Waals surface area contributed by atoms with Gasteiger partial charge in [0.2, 0.25) is 11.9 Å². The van der Waals surface area contributed by atoms with E-state index in [0.29, 0.717) is 13.0 Å².